The van der Waals surface area contributed by atoms with E-state index in [9.17, 15) is 9.90 Å². The van der Waals surface area contributed by atoms with Gasteiger partial charge in [-0.15, -0.1) is 0 Å². The lowest BCUT2D eigenvalue weighted by Crippen LogP contribution is -2.46. The molecule has 1 aliphatic carbocycles. The average Bonchev–Trinajstić information content (AvgIpc) is 3.10. The summed E-state index contributed by atoms with van der Waals surface area (Å²) in [7, 11) is 0. The zero-order chi connectivity index (χ0) is 18.5. The summed E-state index contributed by atoms with van der Waals surface area (Å²) in [4.78, 5) is 12.9. The van der Waals surface area contributed by atoms with Crippen molar-refractivity contribution in [2.24, 2.45) is 5.92 Å². The molecule has 2 aromatic rings. The molecule has 8 heteroatoms. The predicted octanol–water partition coefficient (Wildman–Crippen LogP) is 1.56. The monoisotopic (exact) mass is 365 g/mol. The van der Waals surface area contributed by atoms with E-state index in [0.29, 0.717) is 11.9 Å². The number of aliphatic hydroxyl groups is 2. The Hall–Kier alpha value is -2.06. The van der Waals surface area contributed by atoms with Crippen molar-refractivity contribution in [3.63, 3.8) is 0 Å². The SMILES string of the molecule is O=C(CO)N1CCC(C(F)(F)[C@H](O)c2c3c(cc4cn[nH]c24)CC3)CC1. The van der Waals surface area contributed by atoms with Gasteiger partial charge in [-0.25, -0.2) is 8.78 Å². The number of alkyl halides is 2. The Bertz CT molecular complexity index is 844. The molecule has 0 unspecified atom stereocenters. The molecule has 3 N–H and O–H groups in total. The number of aromatic amines is 1. The van der Waals surface area contributed by atoms with Gasteiger partial charge < -0.3 is 15.1 Å². The van der Waals surface area contributed by atoms with Crippen molar-refractivity contribution >= 4 is 16.8 Å². The highest BCUT2D eigenvalue weighted by Crippen LogP contribution is 2.46. The van der Waals surface area contributed by atoms with Crippen LogP contribution in [0.25, 0.3) is 10.9 Å². The number of benzene rings is 1. The highest BCUT2D eigenvalue weighted by Gasteiger charge is 2.49. The second-order valence-corrected chi connectivity index (χ2v) is 7.15. The van der Waals surface area contributed by atoms with Gasteiger partial charge in [0.05, 0.1) is 11.7 Å². The molecule has 0 bridgehead atoms. The molecule has 2 aliphatic rings. The van der Waals surface area contributed by atoms with Crippen LogP contribution in [-0.2, 0) is 17.6 Å². The smallest absolute Gasteiger partial charge is 0.280 e. The van der Waals surface area contributed by atoms with Gasteiger partial charge in [0.2, 0.25) is 5.91 Å². The van der Waals surface area contributed by atoms with Crippen molar-refractivity contribution in [2.45, 2.75) is 37.7 Å². The molecule has 1 atom stereocenters. The Kier molecular flexibility index (Phi) is 4.19. The molecule has 1 aliphatic heterocycles. The van der Waals surface area contributed by atoms with Crippen LogP contribution >= 0.6 is 0 Å². The maximum absolute atomic E-state index is 15.1. The molecular weight excluding hydrogens is 344 g/mol. The molecule has 26 heavy (non-hydrogen) atoms. The topological polar surface area (TPSA) is 89.4 Å². The summed E-state index contributed by atoms with van der Waals surface area (Å²) < 4.78 is 30.3. The zero-order valence-corrected chi connectivity index (χ0v) is 14.2. The first-order valence-corrected chi connectivity index (χ1v) is 8.85. The van der Waals surface area contributed by atoms with Crippen LogP contribution in [-0.4, -0.2) is 56.8 Å². The molecule has 1 saturated heterocycles. The number of aromatic nitrogens is 2. The van der Waals surface area contributed by atoms with Crippen LogP contribution in [0.15, 0.2) is 12.3 Å². The van der Waals surface area contributed by atoms with Crippen LogP contribution in [0.4, 0.5) is 8.78 Å². The van der Waals surface area contributed by atoms with Gasteiger partial charge in [0, 0.05) is 30.0 Å². The molecular formula is C18H21F2N3O3. The Labute approximate surface area is 148 Å². The van der Waals surface area contributed by atoms with E-state index in [1.54, 1.807) is 6.20 Å². The maximum Gasteiger partial charge on any atom is 0.280 e. The molecule has 2 heterocycles. The normalized spacial score (nSPS) is 19.3. The van der Waals surface area contributed by atoms with E-state index in [4.69, 9.17) is 5.11 Å². The van der Waals surface area contributed by atoms with Crippen molar-refractivity contribution in [3.8, 4) is 0 Å². The van der Waals surface area contributed by atoms with Crippen LogP contribution in [0.1, 0.15) is 35.6 Å². The number of likely N-dealkylation sites (tertiary alicyclic amines) is 1. The summed E-state index contributed by atoms with van der Waals surface area (Å²) in [5, 5.41) is 27.0. The van der Waals surface area contributed by atoms with Crippen molar-refractivity contribution in [3.05, 3.63) is 29.0 Å². The summed E-state index contributed by atoms with van der Waals surface area (Å²) in [6.07, 6.45) is 1.36. The number of aryl methyl sites for hydroxylation is 1. The molecule has 1 aromatic carbocycles. The van der Waals surface area contributed by atoms with Crippen molar-refractivity contribution < 1.29 is 23.8 Å². The Morgan fingerprint density at radius 1 is 1.38 bits per heavy atom. The number of H-pyrrole nitrogens is 1. The van der Waals surface area contributed by atoms with Gasteiger partial charge in [0.1, 0.15) is 12.7 Å². The van der Waals surface area contributed by atoms with Crippen LogP contribution in [0.2, 0.25) is 0 Å². The van der Waals surface area contributed by atoms with Crippen molar-refractivity contribution in [1.29, 1.82) is 0 Å². The lowest BCUT2D eigenvalue weighted by atomic mass is 9.77. The summed E-state index contributed by atoms with van der Waals surface area (Å²) in [6, 6.07) is 1.94. The number of hydrogen-bond acceptors (Lipinski definition) is 4. The zero-order valence-electron chi connectivity index (χ0n) is 14.2. The summed E-state index contributed by atoms with van der Waals surface area (Å²) >= 11 is 0. The Morgan fingerprint density at radius 2 is 2.12 bits per heavy atom. The summed E-state index contributed by atoms with van der Waals surface area (Å²) in [5.74, 6) is -4.78. The molecule has 0 spiro atoms. The molecule has 1 amide bonds. The minimum atomic E-state index is -3.31. The molecule has 1 aromatic heterocycles. The first-order chi connectivity index (χ1) is 12.4. The number of rotatable bonds is 4. The maximum atomic E-state index is 15.1. The quantitative estimate of drug-likeness (QED) is 0.767. The number of aliphatic hydroxyl groups excluding tert-OH is 2. The number of fused-ring (bicyclic) bond motifs is 2. The van der Waals surface area contributed by atoms with Crippen LogP contribution in [0.5, 0.6) is 0 Å². The standard InChI is InChI=1S/C18H21F2N3O3/c19-18(20,12-3-5-23(6-4-12)14(25)9-24)17(26)15-13-2-1-10(13)7-11-8-21-22-16(11)15/h7-8,12,17,24,26H,1-6,9H2,(H,21,22)/t17-/m1/s1. The van der Waals surface area contributed by atoms with E-state index in [2.05, 4.69) is 10.2 Å². The van der Waals surface area contributed by atoms with E-state index in [1.165, 1.54) is 4.90 Å². The van der Waals surface area contributed by atoms with Crippen LogP contribution < -0.4 is 0 Å². The molecule has 0 radical (unpaired) electrons. The highest BCUT2D eigenvalue weighted by molar-refractivity contribution is 5.85. The fraction of sp³-hybridized carbons (Fsp3) is 0.556. The molecule has 0 saturated carbocycles. The first kappa shape index (κ1) is 17.4. The largest absolute Gasteiger partial charge is 0.387 e. The third-order valence-electron chi connectivity index (χ3n) is 5.79. The minimum absolute atomic E-state index is 0.0942. The van der Waals surface area contributed by atoms with E-state index >= 15 is 8.78 Å². The average molecular weight is 365 g/mol. The van der Waals surface area contributed by atoms with Gasteiger partial charge in [-0.2, -0.15) is 5.10 Å². The van der Waals surface area contributed by atoms with Gasteiger partial charge >= 0.3 is 0 Å². The molecule has 1 fully saturated rings. The van der Waals surface area contributed by atoms with E-state index in [0.717, 1.165) is 22.9 Å². The first-order valence-electron chi connectivity index (χ1n) is 8.85. The van der Waals surface area contributed by atoms with Gasteiger partial charge in [-0.05, 0) is 42.9 Å². The second-order valence-electron chi connectivity index (χ2n) is 7.15. The van der Waals surface area contributed by atoms with Gasteiger partial charge in [-0.3, -0.25) is 9.89 Å². The van der Waals surface area contributed by atoms with Crippen molar-refractivity contribution in [2.75, 3.05) is 19.7 Å². The Morgan fingerprint density at radius 3 is 2.73 bits per heavy atom. The second kappa shape index (κ2) is 6.28. The number of carbonyl (C=O) groups excluding carboxylic acids is 1. The lowest BCUT2D eigenvalue weighted by molar-refractivity contribution is -0.165. The summed E-state index contributed by atoms with van der Waals surface area (Å²) in [6.45, 7) is -0.283. The van der Waals surface area contributed by atoms with E-state index in [-0.39, 0.29) is 31.5 Å². The third-order valence-corrected chi connectivity index (χ3v) is 5.79. The van der Waals surface area contributed by atoms with Crippen LogP contribution in [0.3, 0.4) is 0 Å². The third kappa shape index (κ3) is 2.59. The molecule has 4 rings (SSSR count). The fourth-order valence-electron chi connectivity index (χ4n) is 4.15. The van der Waals surface area contributed by atoms with Crippen molar-refractivity contribution in [1.82, 2.24) is 15.1 Å². The number of hydrogen-bond donors (Lipinski definition) is 3. The van der Waals surface area contributed by atoms with Gasteiger partial charge in [0.15, 0.2) is 0 Å². The Balaban J connectivity index is 1.60. The number of nitrogens with one attached hydrogen (secondary N) is 1. The van der Waals surface area contributed by atoms with E-state index in [1.807, 2.05) is 6.07 Å². The number of halogens is 2. The predicted molar refractivity (Wildman–Crippen MR) is 89.8 cm³/mol. The van der Waals surface area contributed by atoms with Gasteiger partial charge in [0.25, 0.3) is 5.92 Å². The lowest BCUT2D eigenvalue weighted by Gasteiger charge is -2.38. The van der Waals surface area contributed by atoms with E-state index < -0.39 is 30.5 Å². The number of amides is 1. The highest BCUT2D eigenvalue weighted by atomic mass is 19.3. The van der Waals surface area contributed by atoms with Crippen LogP contribution in [0, 0.1) is 5.92 Å². The minimum Gasteiger partial charge on any atom is -0.387 e. The molecule has 140 valence electrons. The number of nitrogens with zero attached hydrogens (tertiary/aromatic N) is 2. The number of piperidine rings is 1. The molecule has 6 nitrogen and oxygen atoms in total. The fourth-order valence-corrected chi connectivity index (χ4v) is 4.15. The number of carbonyl (C=O) groups is 1. The summed E-state index contributed by atoms with van der Waals surface area (Å²) in [5.41, 5.74) is 2.53. The van der Waals surface area contributed by atoms with Gasteiger partial charge in [-0.1, -0.05) is 0 Å².